The van der Waals surface area contributed by atoms with Crippen molar-refractivity contribution in [2.24, 2.45) is 11.8 Å². The summed E-state index contributed by atoms with van der Waals surface area (Å²) in [7, 11) is 0. The normalized spacial score (nSPS) is 27.7. The molecule has 1 aromatic carbocycles. The van der Waals surface area contributed by atoms with Crippen molar-refractivity contribution in [3.63, 3.8) is 0 Å². The van der Waals surface area contributed by atoms with E-state index in [1.165, 1.54) is 15.5 Å². The van der Waals surface area contributed by atoms with Crippen molar-refractivity contribution in [2.75, 3.05) is 26.3 Å². The Bertz CT molecular complexity index is 694. The highest BCUT2D eigenvalue weighted by Crippen LogP contribution is 2.36. The van der Waals surface area contributed by atoms with Gasteiger partial charge in [0, 0.05) is 12.3 Å². The zero-order valence-corrected chi connectivity index (χ0v) is 15.2. The first-order valence-electron chi connectivity index (χ1n) is 9.75. The second kappa shape index (κ2) is 7.72. The van der Waals surface area contributed by atoms with Gasteiger partial charge in [-0.15, -0.1) is 0 Å². The topological polar surface area (TPSA) is 51.1 Å². The van der Waals surface area contributed by atoms with E-state index in [1.54, 1.807) is 0 Å². The van der Waals surface area contributed by atoms with Crippen LogP contribution in [0.15, 0.2) is 42.1 Å². The fourth-order valence-electron chi connectivity index (χ4n) is 4.59. The Kier molecular flexibility index (Phi) is 5.18. The summed E-state index contributed by atoms with van der Waals surface area (Å²) in [6.07, 6.45) is 5.89. The molecule has 4 rings (SSSR count). The van der Waals surface area contributed by atoms with Gasteiger partial charge in [-0.3, -0.25) is 14.5 Å². The van der Waals surface area contributed by atoms with Gasteiger partial charge in [-0.1, -0.05) is 30.3 Å². The second-order valence-corrected chi connectivity index (χ2v) is 7.53. The Morgan fingerprint density at radius 2 is 1.85 bits per heavy atom. The molecule has 3 aliphatic rings. The molecule has 5 heteroatoms. The van der Waals surface area contributed by atoms with Crippen molar-refractivity contribution in [1.82, 2.24) is 4.90 Å². The zero-order valence-electron chi connectivity index (χ0n) is 15.2. The molecule has 2 heterocycles. The lowest BCUT2D eigenvalue weighted by atomic mass is 9.80. The van der Waals surface area contributed by atoms with E-state index in [9.17, 15) is 9.59 Å². The van der Waals surface area contributed by atoms with E-state index in [2.05, 4.69) is 6.08 Å². The number of nitrogens with one attached hydrogen (secondary N) is 1. The average molecular weight is 355 g/mol. The van der Waals surface area contributed by atoms with Gasteiger partial charge >= 0.3 is 0 Å². The molecule has 0 spiro atoms. The fourth-order valence-corrected chi connectivity index (χ4v) is 4.59. The number of quaternary nitrogens is 1. The summed E-state index contributed by atoms with van der Waals surface area (Å²) in [6.45, 7) is 3.87. The maximum absolute atomic E-state index is 13.1. The monoisotopic (exact) mass is 355 g/mol. The van der Waals surface area contributed by atoms with E-state index in [0.29, 0.717) is 13.0 Å². The summed E-state index contributed by atoms with van der Waals surface area (Å²) in [5.74, 6) is 0.0113. The van der Waals surface area contributed by atoms with Gasteiger partial charge in [0.05, 0.1) is 25.7 Å². The van der Waals surface area contributed by atoms with E-state index < -0.39 is 0 Å². The van der Waals surface area contributed by atoms with Crippen LogP contribution in [-0.4, -0.2) is 43.0 Å². The summed E-state index contributed by atoms with van der Waals surface area (Å²) in [6, 6.07) is 9.78. The molecule has 138 valence electrons. The molecule has 2 atom stereocenters. The predicted octanol–water partition coefficient (Wildman–Crippen LogP) is 1.16. The van der Waals surface area contributed by atoms with Crippen LogP contribution >= 0.6 is 0 Å². The molecule has 0 aromatic heterocycles. The van der Waals surface area contributed by atoms with E-state index in [-0.39, 0.29) is 23.7 Å². The van der Waals surface area contributed by atoms with Crippen LogP contribution in [0.5, 0.6) is 0 Å². The number of carbonyl (C=O) groups is 2. The van der Waals surface area contributed by atoms with E-state index in [1.807, 2.05) is 30.3 Å². The van der Waals surface area contributed by atoms with Gasteiger partial charge in [0.2, 0.25) is 11.8 Å². The molecule has 2 amide bonds. The van der Waals surface area contributed by atoms with Crippen molar-refractivity contribution in [3.8, 4) is 0 Å². The minimum absolute atomic E-state index is 0.0179. The number of likely N-dealkylation sites (tertiary alicyclic amines) is 1. The number of hydrogen-bond donors (Lipinski definition) is 1. The number of carbonyl (C=O) groups excluding carboxylic acids is 2. The van der Waals surface area contributed by atoms with Crippen LogP contribution in [0.1, 0.15) is 31.2 Å². The van der Waals surface area contributed by atoms with Gasteiger partial charge in [0.1, 0.15) is 18.8 Å². The van der Waals surface area contributed by atoms with E-state index in [0.717, 1.165) is 51.1 Å². The molecule has 0 bridgehead atoms. The molecule has 0 radical (unpaired) electrons. The van der Waals surface area contributed by atoms with Gasteiger partial charge in [-0.2, -0.15) is 0 Å². The Labute approximate surface area is 154 Å². The molecule has 2 aliphatic heterocycles. The SMILES string of the molecule is O=C1C[C@H]([C@H]2CCCC=C2[NH+]2CCOCC2)C(=O)N1Cc1ccccc1. The fraction of sp³-hybridized carbons (Fsp3) is 0.524. The van der Waals surface area contributed by atoms with Crippen LogP contribution in [0.3, 0.4) is 0 Å². The summed E-state index contributed by atoms with van der Waals surface area (Å²) in [5, 5.41) is 0. The molecule has 5 nitrogen and oxygen atoms in total. The predicted molar refractivity (Wildman–Crippen MR) is 97.0 cm³/mol. The third kappa shape index (κ3) is 3.46. The molecular formula is C21H27N2O3+. The Morgan fingerprint density at radius 3 is 2.62 bits per heavy atom. The summed E-state index contributed by atoms with van der Waals surface area (Å²) < 4.78 is 5.50. The van der Waals surface area contributed by atoms with Crippen LogP contribution in [0.2, 0.25) is 0 Å². The molecule has 0 unspecified atom stereocenters. The van der Waals surface area contributed by atoms with Gasteiger partial charge in [0.15, 0.2) is 0 Å². The standard InChI is InChI=1S/C21H26N2O3/c24-20-14-18(21(25)23(20)15-16-6-2-1-3-7-16)17-8-4-5-9-19(17)22-10-12-26-13-11-22/h1-3,6-7,9,17-18H,4-5,8,10-15H2/p+1/t17-,18-/m1/s1. The summed E-state index contributed by atoms with van der Waals surface area (Å²) in [4.78, 5) is 28.6. The smallest absolute Gasteiger partial charge is 0.233 e. The molecule has 0 saturated carbocycles. The lowest BCUT2D eigenvalue weighted by molar-refractivity contribution is -0.874. The number of imide groups is 1. The first kappa shape index (κ1) is 17.4. The molecule has 1 aliphatic carbocycles. The molecule has 1 N–H and O–H groups in total. The Balaban J connectivity index is 1.51. The summed E-state index contributed by atoms with van der Waals surface area (Å²) in [5.41, 5.74) is 2.36. The second-order valence-electron chi connectivity index (χ2n) is 7.53. The number of ether oxygens (including phenoxy) is 1. The number of rotatable bonds is 4. The third-order valence-electron chi connectivity index (χ3n) is 5.94. The van der Waals surface area contributed by atoms with E-state index >= 15 is 0 Å². The molecule has 2 fully saturated rings. The number of morpholine rings is 1. The Morgan fingerprint density at radius 1 is 1.08 bits per heavy atom. The highest BCUT2D eigenvalue weighted by Gasteiger charge is 2.46. The van der Waals surface area contributed by atoms with Crippen molar-refractivity contribution in [3.05, 3.63) is 47.7 Å². The number of nitrogens with zero attached hydrogens (tertiary/aromatic N) is 1. The van der Waals surface area contributed by atoms with Crippen molar-refractivity contribution in [2.45, 2.75) is 32.2 Å². The van der Waals surface area contributed by atoms with Crippen LogP contribution in [0.4, 0.5) is 0 Å². The first-order valence-corrected chi connectivity index (χ1v) is 9.75. The molecule has 2 saturated heterocycles. The zero-order chi connectivity index (χ0) is 17.9. The highest BCUT2D eigenvalue weighted by molar-refractivity contribution is 6.03. The van der Waals surface area contributed by atoms with Crippen molar-refractivity contribution >= 4 is 11.8 Å². The first-order chi connectivity index (χ1) is 12.7. The maximum Gasteiger partial charge on any atom is 0.233 e. The van der Waals surface area contributed by atoms with Crippen molar-refractivity contribution < 1.29 is 19.2 Å². The summed E-state index contributed by atoms with van der Waals surface area (Å²) >= 11 is 0. The number of hydrogen-bond acceptors (Lipinski definition) is 3. The maximum atomic E-state index is 13.1. The van der Waals surface area contributed by atoms with E-state index in [4.69, 9.17) is 4.74 Å². The Hall–Kier alpha value is -1.98. The van der Waals surface area contributed by atoms with Gasteiger partial charge in [-0.05, 0) is 30.9 Å². The number of allylic oxidation sites excluding steroid dienone is 2. The molecular weight excluding hydrogens is 328 g/mol. The van der Waals surface area contributed by atoms with Crippen LogP contribution < -0.4 is 4.90 Å². The van der Waals surface area contributed by atoms with Crippen molar-refractivity contribution in [1.29, 1.82) is 0 Å². The van der Waals surface area contributed by atoms with Crippen LogP contribution in [-0.2, 0) is 20.9 Å². The molecule has 1 aromatic rings. The third-order valence-corrected chi connectivity index (χ3v) is 5.94. The highest BCUT2D eigenvalue weighted by atomic mass is 16.5. The van der Waals surface area contributed by atoms with Crippen LogP contribution in [0.25, 0.3) is 0 Å². The molecule has 26 heavy (non-hydrogen) atoms. The number of amides is 2. The largest absolute Gasteiger partial charge is 0.370 e. The van der Waals surface area contributed by atoms with Gasteiger partial charge < -0.3 is 9.64 Å². The van der Waals surface area contributed by atoms with Crippen LogP contribution in [0, 0.1) is 11.8 Å². The lowest BCUT2D eigenvalue weighted by Crippen LogP contribution is -3.13. The minimum atomic E-state index is -0.187. The quantitative estimate of drug-likeness (QED) is 0.825. The minimum Gasteiger partial charge on any atom is -0.370 e. The van der Waals surface area contributed by atoms with Gasteiger partial charge in [0.25, 0.3) is 0 Å². The number of benzene rings is 1. The lowest BCUT2D eigenvalue weighted by Gasteiger charge is -2.34. The van der Waals surface area contributed by atoms with Gasteiger partial charge in [-0.25, -0.2) is 0 Å². The average Bonchev–Trinajstić information content (AvgIpc) is 2.98.